The van der Waals surface area contributed by atoms with Crippen molar-refractivity contribution in [2.45, 2.75) is 25.7 Å². The molecule has 1 heterocycles. The predicted octanol–water partition coefficient (Wildman–Crippen LogP) is 3.43. The van der Waals surface area contributed by atoms with Gasteiger partial charge in [-0.25, -0.2) is 0 Å². The van der Waals surface area contributed by atoms with Crippen LogP contribution in [0, 0.1) is 0 Å². The van der Waals surface area contributed by atoms with Gasteiger partial charge in [0, 0.05) is 22.6 Å². The number of nitrogens with two attached hydrogens (primary N) is 1. The average molecular weight is 420 g/mol. The zero-order valence-electron chi connectivity index (χ0n) is 17.3. The summed E-state index contributed by atoms with van der Waals surface area (Å²) in [6, 6.07) is 18.3. The maximum absolute atomic E-state index is 12.8. The zero-order valence-corrected chi connectivity index (χ0v) is 17.3. The van der Waals surface area contributed by atoms with Crippen LogP contribution in [0.4, 0.5) is 5.88 Å². The first-order valence-corrected chi connectivity index (χ1v) is 9.73. The van der Waals surface area contributed by atoms with Crippen LogP contribution in [-0.2, 0) is 10.2 Å². The number of rotatable bonds is 8. The van der Waals surface area contributed by atoms with Gasteiger partial charge in [0.2, 0.25) is 5.88 Å². The van der Waals surface area contributed by atoms with Gasteiger partial charge in [0.1, 0.15) is 0 Å². The fourth-order valence-corrected chi connectivity index (χ4v) is 3.02. The molecule has 4 N–H and O–H groups in total. The molecular weight excluding hydrogens is 396 g/mol. The van der Waals surface area contributed by atoms with Gasteiger partial charge in [0.25, 0.3) is 0 Å². The highest BCUT2D eigenvalue weighted by Gasteiger charge is 2.28. The van der Waals surface area contributed by atoms with Gasteiger partial charge >= 0.3 is 5.97 Å². The third-order valence-corrected chi connectivity index (χ3v) is 4.89. The Balaban J connectivity index is 1.78. The smallest absolute Gasteiger partial charge is 0.305 e. The minimum absolute atomic E-state index is 0.0391. The third kappa shape index (κ3) is 5.36. The molecule has 1 aromatic heterocycles. The second-order valence-electron chi connectivity index (χ2n) is 7.51. The average Bonchev–Trinajstić information content (AvgIpc) is 3.23. The van der Waals surface area contributed by atoms with E-state index in [2.05, 4.69) is 15.5 Å². The molecule has 0 bridgehead atoms. The number of anilines is 1. The summed E-state index contributed by atoms with van der Waals surface area (Å²) in [5, 5.41) is 15.5. The van der Waals surface area contributed by atoms with E-state index in [0.29, 0.717) is 16.8 Å². The predicted molar refractivity (Wildman–Crippen MR) is 117 cm³/mol. The summed E-state index contributed by atoms with van der Waals surface area (Å²) in [5.41, 5.74) is 7.96. The van der Waals surface area contributed by atoms with Crippen molar-refractivity contribution in [3.8, 4) is 0 Å². The van der Waals surface area contributed by atoms with Crippen molar-refractivity contribution < 1.29 is 19.2 Å². The van der Waals surface area contributed by atoms with Crippen LogP contribution in [0.25, 0.3) is 0 Å². The number of aliphatic imine (C=N–C) groups is 1. The van der Waals surface area contributed by atoms with E-state index in [1.165, 1.54) is 0 Å². The number of hydrogen-bond donors (Lipinski definition) is 3. The van der Waals surface area contributed by atoms with Crippen molar-refractivity contribution in [3.63, 3.8) is 0 Å². The summed E-state index contributed by atoms with van der Waals surface area (Å²) in [7, 11) is 0. The SMILES string of the molecule is CC(C)(c1cccc(C(=O)c2ccccc2)c1)c1cc(NC(N)=NCCC(=O)O)on1. The normalized spacial score (nSPS) is 11.9. The molecule has 3 rings (SSSR count). The van der Waals surface area contributed by atoms with E-state index >= 15 is 0 Å². The molecule has 2 aromatic carbocycles. The van der Waals surface area contributed by atoms with Crippen LogP contribution >= 0.6 is 0 Å². The Kier molecular flexibility index (Phi) is 6.49. The molecule has 160 valence electrons. The van der Waals surface area contributed by atoms with Crippen molar-refractivity contribution in [3.05, 3.63) is 83.0 Å². The number of aromatic nitrogens is 1. The first kappa shape index (κ1) is 21.8. The Bertz CT molecular complexity index is 1100. The van der Waals surface area contributed by atoms with E-state index in [9.17, 15) is 9.59 Å². The molecule has 31 heavy (non-hydrogen) atoms. The van der Waals surface area contributed by atoms with Gasteiger partial charge in [0.15, 0.2) is 11.7 Å². The molecule has 0 saturated carbocycles. The Morgan fingerprint density at radius 2 is 1.81 bits per heavy atom. The van der Waals surface area contributed by atoms with Gasteiger partial charge in [-0.3, -0.25) is 19.9 Å². The fraction of sp³-hybridized carbons (Fsp3) is 0.217. The minimum Gasteiger partial charge on any atom is -0.481 e. The second kappa shape index (κ2) is 9.25. The van der Waals surface area contributed by atoms with Crippen molar-refractivity contribution in [1.82, 2.24) is 5.16 Å². The monoisotopic (exact) mass is 420 g/mol. The van der Waals surface area contributed by atoms with Gasteiger partial charge < -0.3 is 15.4 Å². The van der Waals surface area contributed by atoms with Crippen molar-refractivity contribution in [1.29, 1.82) is 0 Å². The largest absolute Gasteiger partial charge is 0.481 e. The topological polar surface area (TPSA) is 131 Å². The number of ketones is 1. The van der Waals surface area contributed by atoms with Gasteiger partial charge in [-0.2, -0.15) is 0 Å². The van der Waals surface area contributed by atoms with Crippen molar-refractivity contribution in [2.75, 3.05) is 11.9 Å². The molecule has 8 nitrogen and oxygen atoms in total. The lowest BCUT2D eigenvalue weighted by atomic mass is 9.80. The standard InChI is InChI=1S/C23H24N4O4/c1-23(2,18-14-19(31-27-18)26-22(24)25-12-11-20(28)29)17-10-6-9-16(13-17)21(30)15-7-4-3-5-8-15/h3-10,13-14H,11-12H2,1-2H3,(H,28,29)(H3,24,25,26). The first-order chi connectivity index (χ1) is 14.8. The number of nitrogens with zero attached hydrogens (tertiary/aromatic N) is 2. The number of guanidine groups is 1. The van der Waals surface area contributed by atoms with Gasteiger partial charge in [-0.1, -0.05) is 67.5 Å². The molecule has 0 spiro atoms. The summed E-state index contributed by atoms with van der Waals surface area (Å²) < 4.78 is 5.31. The first-order valence-electron chi connectivity index (χ1n) is 9.73. The summed E-state index contributed by atoms with van der Waals surface area (Å²) in [6.07, 6.45) is -0.116. The Morgan fingerprint density at radius 1 is 1.10 bits per heavy atom. The number of carbonyl (C=O) groups excluding carboxylic acids is 1. The molecular formula is C23H24N4O4. The Labute approximate surface area is 179 Å². The number of carbonyl (C=O) groups is 2. The molecule has 0 aliphatic heterocycles. The minimum atomic E-state index is -0.951. The molecule has 0 unspecified atom stereocenters. The van der Waals surface area contributed by atoms with E-state index in [-0.39, 0.29) is 30.6 Å². The molecule has 0 fully saturated rings. The zero-order chi connectivity index (χ0) is 22.4. The maximum atomic E-state index is 12.8. The Hall–Kier alpha value is -3.94. The van der Waals surface area contributed by atoms with E-state index < -0.39 is 11.4 Å². The van der Waals surface area contributed by atoms with Crippen molar-refractivity contribution >= 4 is 23.6 Å². The fourth-order valence-electron chi connectivity index (χ4n) is 3.02. The summed E-state index contributed by atoms with van der Waals surface area (Å²) in [4.78, 5) is 27.3. The van der Waals surface area contributed by atoms with Crippen LogP contribution in [0.3, 0.4) is 0 Å². The molecule has 0 radical (unpaired) electrons. The number of hydrogen-bond acceptors (Lipinski definition) is 5. The second-order valence-corrected chi connectivity index (χ2v) is 7.51. The van der Waals surface area contributed by atoms with E-state index in [1.54, 1.807) is 24.3 Å². The third-order valence-electron chi connectivity index (χ3n) is 4.89. The van der Waals surface area contributed by atoms with Crippen LogP contribution in [0.1, 0.15) is 47.4 Å². The lowest BCUT2D eigenvalue weighted by Gasteiger charge is -2.22. The summed E-state index contributed by atoms with van der Waals surface area (Å²) in [6.45, 7) is 4.01. The van der Waals surface area contributed by atoms with Gasteiger partial charge in [-0.05, 0) is 11.6 Å². The van der Waals surface area contributed by atoms with Gasteiger partial charge in [-0.15, -0.1) is 0 Å². The van der Waals surface area contributed by atoms with E-state index in [4.69, 9.17) is 15.4 Å². The van der Waals surface area contributed by atoms with E-state index in [0.717, 1.165) is 5.56 Å². The Morgan fingerprint density at radius 3 is 2.52 bits per heavy atom. The number of nitrogens with one attached hydrogen (secondary N) is 1. The number of benzene rings is 2. The van der Waals surface area contributed by atoms with Gasteiger partial charge in [0.05, 0.1) is 18.7 Å². The molecule has 3 aromatic rings. The van der Waals surface area contributed by atoms with E-state index in [1.807, 2.05) is 50.2 Å². The van der Waals surface area contributed by atoms with Crippen LogP contribution in [0.2, 0.25) is 0 Å². The number of carboxylic acid groups (broad SMARTS) is 1. The van der Waals surface area contributed by atoms with Crippen molar-refractivity contribution in [2.24, 2.45) is 10.7 Å². The molecule has 0 amide bonds. The highest BCUT2D eigenvalue weighted by molar-refractivity contribution is 6.09. The highest BCUT2D eigenvalue weighted by atomic mass is 16.5. The molecule has 8 heteroatoms. The maximum Gasteiger partial charge on any atom is 0.305 e. The summed E-state index contributed by atoms with van der Waals surface area (Å²) >= 11 is 0. The van der Waals surface area contributed by atoms with Crippen LogP contribution < -0.4 is 11.1 Å². The summed E-state index contributed by atoms with van der Waals surface area (Å²) in [5.74, 6) is -0.673. The van der Waals surface area contributed by atoms with Crippen LogP contribution in [-0.4, -0.2) is 34.5 Å². The number of carboxylic acids is 1. The molecule has 0 atom stereocenters. The quantitative estimate of drug-likeness (QED) is 0.289. The molecule has 0 aliphatic carbocycles. The highest BCUT2D eigenvalue weighted by Crippen LogP contribution is 2.32. The lowest BCUT2D eigenvalue weighted by molar-refractivity contribution is -0.136. The van der Waals surface area contributed by atoms with Crippen LogP contribution in [0.15, 0.2) is 70.2 Å². The molecule has 0 aliphatic rings. The number of aliphatic carboxylic acids is 1. The lowest BCUT2D eigenvalue weighted by Crippen LogP contribution is -2.23. The van der Waals surface area contributed by atoms with Crippen LogP contribution in [0.5, 0.6) is 0 Å². The molecule has 0 saturated heterocycles.